The van der Waals surface area contributed by atoms with Gasteiger partial charge in [0.25, 0.3) is 5.56 Å². The normalized spacial score (nSPS) is 14.5. The van der Waals surface area contributed by atoms with Crippen molar-refractivity contribution >= 4 is 11.8 Å². The molecule has 1 aliphatic carbocycles. The maximum absolute atomic E-state index is 13.3. The van der Waals surface area contributed by atoms with Gasteiger partial charge in [-0.3, -0.25) is 9.36 Å². The minimum Gasteiger partial charge on any atom is -0.283 e. The van der Waals surface area contributed by atoms with Crippen LogP contribution >= 0.6 is 11.8 Å². The minimum absolute atomic E-state index is 0.0496. The van der Waals surface area contributed by atoms with E-state index in [0.717, 1.165) is 39.7 Å². The first-order valence-electron chi connectivity index (χ1n) is 8.47. The third-order valence-corrected chi connectivity index (χ3v) is 5.68. The van der Waals surface area contributed by atoms with Gasteiger partial charge in [0.2, 0.25) is 0 Å². The van der Waals surface area contributed by atoms with Gasteiger partial charge in [0.15, 0.2) is 5.16 Å². The van der Waals surface area contributed by atoms with Gasteiger partial charge in [-0.2, -0.15) is 0 Å². The predicted octanol–water partition coefficient (Wildman–Crippen LogP) is 4.60. The highest BCUT2D eigenvalue weighted by Crippen LogP contribution is 2.40. The van der Waals surface area contributed by atoms with Crippen molar-refractivity contribution in [3.8, 4) is 11.3 Å². The molecule has 0 bridgehead atoms. The molecular formula is C21H24N2OS. The van der Waals surface area contributed by atoms with Crippen LogP contribution in [0.1, 0.15) is 31.9 Å². The van der Waals surface area contributed by atoms with Gasteiger partial charge >= 0.3 is 0 Å². The van der Waals surface area contributed by atoms with Crippen molar-refractivity contribution in [2.24, 2.45) is 0 Å². The van der Waals surface area contributed by atoms with Crippen LogP contribution in [-0.2, 0) is 18.4 Å². The molecule has 3 rings (SSSR count). The summed E-state index contributed by atoms with van der Waals surface area (Å²) in [7, 11) is 0. The Bertz CT molecular complexity index is 909. The highest BCUT2D eigenvalue weighted by atomic mass is 32.2. The maximum atomic E-state index is 13.3. The summed E-state index contributed by atoms with van der Waals surface area (Å²) in [4.78, 5) is 18.3. The molecule has 4 heteroatoms. The van der Waals surface area contributed by atoms with Gasteiger partial charge in [0.1, 0.15) is 0 Å². The van der Waals surface area contributed by atoms with E-state index in [4.69, 9.17) is 4.98 Å². The molecule has 1 aliphatic rings. The van der Waals surface area contributed by atoms with E-state index in [2.05, 4.69) is 45.2 Å². The number of hydrogen-bond donors (Lipinski definition) is 0. The van der Waals surface area contributed by atoms with Crippen LogP contribution in [0.15, 0.2) is 59.0 Å². The van der Waals surface area contributed by atoms with E-state index in [1.807, 2.05) is 13.0 Å². The number of hydrogen-bond acceptors (Lipinski definition) is 3. The van der Waals surface area contributed by atoms with Crippen LogP contribution in [0.5, 0.6) is 0 Å². The van der Waals surface area contributed by atoms with Gasteiger partial charge in [-0.15, -0.1) is 6.58 Å². The van der Waals surface area contributed by atoms with E-state index >= 15 is 0 Å². The molecule has 0 N–H and O–H groups in total. The molecule has 0 fully saturated rings. The van der Waals surface area contributed by atoms with Crippen molar-refractivity contribution in [2.75, 3.05) is 5.75 Å². The van der Waals surface area contributed by atoms with Gasteiger partial charge < -0.3 is 0 Å². The second kappa shape index (κ2) is 6.68. The summed E-state index contributed by atoms with van der Waals surface area (Å²) in [5, 5.41) is 0.735. The maximum Gasteiger partial charge on any atom is 0.258 e. The quantitative estimate of drug-likeness (QED) is 0.448. The first kappa shape index (κ1) is 17.7. The zero-order valence-electron chi connectivity index (χ0n) is 15.1. The van der Waals surface area contributed by atoms with Crippen LogP contribution in [-0.4, -0.2) is 15.3 Å². The van der Waals surface area contributed by atoms with Gasteiger partial charge in [-0.25, -0.2) is 4.98 Å². The zero-order valence-corrected chi connectivity index (χ0v) is 15.9. The standard InChI is InChI=1S/C21H24N2OS/c1-6-11-23-19(24)17-18(22-20(23)25-13-14(2)3)16-10-8-7-9-15(16)12-21(17,4)5/h6-10H,1-2,11-13H2,3-5H3. The Kier molecular flexibility index (Phi) is 4.74. The van der Waals surface area contributed by atoms with Gasteiger partial charge in [0, 0.05) is 28.8 Å². The van der Waals surface area contributed by atoms with E-state index in [9.17, 15) is 4.79 Å². The molecular weight excluding hydrogens is 328 g/mol. The second-order valence-corrected chi connectivity index (χ2v) is 8.23. The lowest BCUT2D eigenvalue weighted by atomic mass is 9.72. The number of nitrogens with zero attached hydrogens (tertiary/aromatic N) is 2. The average molecular weight is 353 g/mol. The van der Waals surface area contributed by atoms with E-state index in [1.54, 1.807) is 22.4 Å². The van der Waals surface area contributed by atoms with Crippen molar-refractivity contribution in [3.05, 3.63) is 70.6 Å². The summed E-state index contributed by atoms with van der Waals surface area (Å²) < 4.78 is 1.75. The molecule has 25 heavy (non-hydrogen) atoms. The van der Waals surface area contributed by atoms with Crippen molar-refractivity contribution in [3.63, 3.8) is 0 Å². The number of allylic oxidation sites excluding steroid dienone is 1. The Labute approximate surface area is 153 Å². The monoisotopic (exact) mass is 352 g/mol. The summed E-state index contributed by atoms with van der Waals surface area (Å²) in [5.74, 6) is 0.743. The zero-order chi connectivity index (χ0) is 18.2. The average Bonchev–Trinajstić information content (AvgIpc) is 2.54. The van der Waals surface area contributed by atoms with Gasteiger partial charge in [-0.05, 0) is 18.9 Å². The summed E-state index contributed by atoms with van der Waals surface area (Å²) in [6.07, 6.45) is 2.60. The van der Waals surface area contributed by atoms with Crippen molar-refractivity contribution in [1.29, 1.82) is 0 Å². The topological polar surface area (TPSA) is 34.9 Å². The fourth-order valence-electron chi connectivity index (χ4n) is 3.40. The molecule has 1 aromatic carbocycles. The van der Waals surface area contributed by atoms with Crippen LogP contribution in [0, 0.1) is 0 Å². The van der Waals surface area contributed by atoms with Crippen LogP contribution in [0.25, 0.3) is 11.3 Å². The molecule has 130 valence electrons. The summed E-state index contributed by atoms with van der Waals surface area (Å²) in [6.45, 7) is 14.5. The second-order valence-electron chi connectivity index (χ2n) is 7.29. The van der Waals surface area contributed by atoms with Crippen molar-refractivity contribution < 1.29 is 0 Å². The minimum atomic E-state index is -0.242. The summed E-state index contributed by atoms with van der Waals surface area (Å²) >= 11 is 1.56. The van der Waals surface area contributed by atoms with Crippen LogP contribution in [0.3, 0.4) is 0 Å². The van der Waals surface area contributed by atoms with Crippen LogP contribution in [0.4, 0.5) is 0 Å². The van der Waals surface area contributed by atoms with Crippen molar-refractivity contribution in [1.82, 2.24) is 9.55 Å². The van der Waals surface area contributed by atoms with Crippen LogP contribution in [0.2, 0.25) is 0 Å². The molecule has 2 aromatic rings. The Balaban J connectivity index is 2.29. The Morgan fingerprint density at radius 3 is 2.80 bits per heavy atom. The molecule has 0 saturated heterocycles. The molecule has 0 spiro atoms. The largest absolute Gasteiger partial charge is 0.283 e. The molecule has 3 nitrogen and oxygen atoms in total. The van der Waals surface area contributed by atoms with E-state index in [1.165, 1.54) is 5.56 Å². The Hall–Kier alpha value is -2.07. The number of benzene rings is 1. The molecule has 0 amide bonds. The number of fused-ring (bicyclic) bond motifs is 3. The highest BCUT2D eigenvalue weighted by Gasteiger charge is 2.35. The Morgan fingerprint density at radius 1 is 1.40 bits per heavy atom. The van der Waals surface area contributed by atoms with E-state index < -0.39 is 0 Å². The molecule has 0 radical (unpaired) electrons. The first-order chi connectivity index (χ1) is 11.8. The molecule has 0 unspecified atom stereocenters. The van der Waals surface area contributed by atoms with E-state index in [-0.39, 0.29) is 11.0 Å². The molecule has 0 aliphatic heterocycles. The lowest BCUT2D eigenvalue weighted by Crippen LogP contribution is -2.38. The molecule has 1 heterocycles. The third-order valence-electron chi connectivity index (χ3n) is 4.48. The van der Waals surface area contributed by atoms with Gasteiger partial charge in [0.05, 0.1) is 5.69 Å². The molecule has 0 saturated carbocycles. The van der Waals surface area contributed by atoms with Crippen molar-refractivity contribution in [2.45, 2.75) is 44.3 Å². The molecule has 1 aromatic heterocycles. The summed E-state index contributed by atoms with van der Waals surface area (Å²) in [5.41, 5.74) is 4.85. The van der Waals surface area contributed by atoms with Gasteiger partial charge in [-0.1, -0.05) is 68.1 Å². The Morgan fingerprint density at radius 2 is 2.12 bits per heavy atom. The molecule has 0 atom stereocenters. The van der Waals surface area contributed by atoms with E-state index in [0.29, 0.717) is 6.54 Å². The lowest BCUT2D eigenvalue weighted by molar-refractivity contribution is 0.490. The smallest absolute Gasteiger partial charge is 0.258 e. The summed E-state index contributed by atoms with van der Waals surface area (Å²) in [6, 6.07) is 8.27. The fraction of sp³-hybridized carbons (Fsp3) is 0.333. The van der Waals surface area contributed by atoms with Crippen LogP contribution < -0.4 is 5.56 Å². The lowest BCUT2D eigenvalue weighted by Gasteiger charge is -2.33. The third kappa shape index (κ3) is 3.23. The number of rotatable bonds is 5. The fourth-order valence-corrected chi connectivity index (χ4v) is 4.24. The SMILES string of the molecule is C=CCn1c(SCC(=C)C)nc2c(c1=O)C(C)(C)Cc1ccccc1-2. The highest BCUT2D eigenvalue weighted by molar-refractivity contribution is 7.99. The number of aromatic nitrogens is 2. The predicted molar refractivity (Wildman–Crippen MR) is 106 cm³/mol. The number of thioether (sulfide) groups is 1. The first-order valence-corrected chi connectivity index (χ1v) is 9.45.